The molecule has 0 spiro atoms. The molecule has 0 aliphatic heterocycles. The average Bonchev–Trinajstić information content (AvgIpc) is 2.79. The van der Waals surface area contributed by atoms with Gasteiger partial charge in [-0.1, -0.05) is 39.1 Å². The highest BCUT2D eigenvalue weighted by molar-refractivity contribution is 9.10. The van der Waals surface area contributed by atoms with Crippen LogP contribution in [-0.4, -0.2) is 17.4 Å². The Hall–Kier alpha value is -0.550. The number of halogens is 3. The van der Waals surface area contributed by atoms with Gasteiger partial charge >= 0.3 is 0 Å². The summed E-state index contributed by atoms with van der Waals surface area (Å²) in [6.45, 7) is 3.13. The molecule has 1 aromatic carbocycles. The summed E-state index contributed by atoms with van der Waals surface area (Å²) in [6.07, 6.45) is 0. The molecule has 106 valence electrons. The van der Waals surface area contributed by atoms with Crippen molar-refractivity contribution >= 4 is 56.4 Å². The molecule has 1 aromatic heterocycles. The number of hydrogen-bond donors (Lipinski definition) is 0. The van der Waals surface area contributed by atoms with Crippen LogP contribution in [0.3, 0.4) is 0 Å². The summed E-state index contributed by atoms with van der Waals surface area (Å²) in [6, 6.07) is 9.00. The van der Waals surface area contributed by atoms with Crippen LogP contribution in [0.1, 0.15) is 22.2 Å². The van der Waals surface area contributed by atoms with Gasteiger partial charge in [0.25, 0.3) is 5.91 Å². The van der Waals surface area contributed by atoms with Crippen molar-refractivity contribution in [1.29, 1.82) is 0 Å². The minimum Gasteiger partial charge on any atom is -0.334 e. The fraction of sp³-hybridized carbons (Fsp3) is 0.214. The summed E-state index contributed by atoms with van der Waals surface area (Å²) in [5, 5.41) is 0.540. The minimum atomic E-state index is -0.0415. The Labute approximate surface area is 140 Å². The maximum Gasteiger partial charge on any atom is 0.254 e. The third-order valence-electron chi connectivity index (χ3n) is 2.75. The molecule has 1 heterocycles. The highest BCUT2D eigenvalue weighted by atomic mass is 79.9. The quantitative estimate of drug-likeness (QED) is 0.674. The first-order valence-corrected chi connectivity index (χ1v) is 8.35. The topological polar surface area (TPSA) is 20.3 Å². The van der Waals surface area contributed by atoms with Crippen molar-refractivity contribution in [1.82, 2.24) is 4.90 Å². The molecule has 20 heavy (non-hydrogen) atoms. The average molecular weight is 393 g/mol. The van der Waals surface area contributed by atoms with E-state index in [9.17, 15) is 4.79 Å². The molecular weight excluding hydrogens is 381 g/mol. The second kappa shape index (κ2) is 6.94. The number of amides is 1. The highest BCUT2D eigenvalue weighted by Crippen LogP contribution is 2.24. The maximum absolute atomic E-state index is 12.5. The highest BCUT2D eigenvalue weighted by Gasteiger charge is 2.16. The van der Waals surface area contributed by atoms with Crippen molar-refractivity contribution in [3.8, 4) is 0 Å². The molecule has 1 amide bonds. The van der Waals surface area contributed by atoms with Gasteiger partial charge < -0.3 is 4.90 Å². The molecule has 2 rings (SSSR count). The first kappa shape index (κ1) is 15.8. The van der Waals surface area contributed by atoms with E-state index in [4.69, 9.17) is 23.2 Å². The van der Waals surface area contributed by atoms with E-state index >= 15 is 0 Å². The first-order valence-electron chi connectivity index (χ1n) is 5.99. The lowest BCUT2D eigenvalue weighted by molar-refractivity contribution is 0.0754. The van der Waals surface area contributed by atoms with E-state index in [0.717, 1.165) is 13.7 Å². The van der Waals surface area contributed by atoms with E-state index in [2.05, 4.69) is 15.9 Å². The van der Waals surface area contributed by atoms with Crippen LogP contribution in [0.2, 0.25) is 9.36 Å². The first-order chi connectivity index (χ1) is 9.49. The van der Waals surface area contributed by atoms with E-state index in [1.54, 1.807) is 23.1 Å². The number of benzene rings is 1. The second-order valence-corrected chi connectivity index (χ2v) is 7.34. The van der Waals surface area contributed by atoms with Gasteiger partial charge in [-0.25, -0.2) is 0 Å². The van der Waals surface area contributed by atoms with Crippen LogP contribution < -0.4 is 0 Å². The summed E-state index contributed by atoms with van der Waals surface area (Å²) in [4.78, 5) is 15.3. The lowest BCUT2D eigenvalue weighted by Crippen LogP contribution is -2.30. The van der Waals surface area contributed by atoms with Crippen LogP contribution >= 0.6 is 50.5 Å². The predicted molar refractivity (Wildman–Crippen MR) is 88.9 cm³/mol. The molecule has 0 N–H and O–H groups in total. The van der Waals surface area contributed by atoms with E-state index in [-0.39, 0.29) is 5.91 Å². The molecule has 0 radical (unpaired) electrons. The summed E-state index contributed by atoms with van der Waals surface area (Å²) in [7, 11) is 0. The van der Waals surface area contributed by atoms with Crippen LogP contribution in [0.25, 0.3) is 0 Å². The molecule has 0 saturated heterocycles. The Morgan fingerprint density at radius 2 is 2.05 bits per heavy atom. The molecule has 0 fully saturated rings. The summed E-state index contributed by atoms with van der Waals surface area (Å²) in [5.74, 6) is -0.0415. The number of nitrogens with zero attached hydrogens (tertiary/aromatic N) is 1. The molecule has 0 bridgehead atoms. The van der Waals surface area contributed by atoms with Gasteiger partial charge in [-0.15, -0.1) is 11.3 Å². The van der Waals surface area contributed by atoms with Crippen molar-refractivity contribution in [2.45, 2.75) is 13.5 Å². The third kappa shape index (κ3) is 3.98. The number of carbonyl (C=O) groups is 1. The van der Waals surface area contributed by atoms with Gasteiger partial charge in [-0.3, -0.25) is 4.79 Å². The predicted octanol–water partition coefficient (Wildman–Crippen LogP) is 5.48. The van der Waals surface area contributed by atoms with Gasteiger partial charge in [0, 0.05) is 26.5 Å². The Kier molecular flexibility index (Phi) is 5.49. The van der Waals surface area contributed by atoms with Gasteiger partial charge in [-0.2, -0.15) is 0 Å². The Morgan fingerprint density at radius 3 is 2.60 bits per heavy atom. The van der Waals surface area contributed by atoms with Gasteiger partial charge in [-0.05, 0) is 37.3 Å². The fourth-order valence-electron chi connectivity index (χ4n) is 1.81. The van der Waals surface area contributed by atoms with E-state index in [0.29, 0.717) is 23.7 Å². The van der Waals surface area contributed by atoms with Crippen LogP contribution in [0, 0.1) is 0 Å². The van der Waals surface area contributed by atoms with Crippen molar-refractivity contribution < 1.29 is 4.79 Å². The lowest BCUT2D eigenvalue weighted by Gasteiger charge is -2.20. The molecule has 6 heteroatoms. The van der Waals surface area contributed by atoms with Gasteiger partial charge in [0.1, 0.15) is 0 Å². The monoisotopic (exact) mass is 391 g/mol. The van der Waals surface area contributed by atoms with Crippen molar-refractivity contribution in [3.63, 3.8) is 0 Å². The number of hydrogen-bond acceptors (Lipinski definition) is 2. The Morgan fingerprint density at radius 1 is 1.30 bits per heavy atom. The van der Waals surface area contributed by atoms with Crippen molar-refractivity contribution in [2.24, 2.45) is 0 Å². The molecule has 0 saturated carbocycles. The zero-order valence-corrected chi connectivity index (χ0v) is 14.6. The molecule has 0 unspecified atom stereocenters. The van der Waals surface area contributed by atoms with Gasteiger partial charge in [0.15, 0.2) is 0 Å². The SMILES string of the molecule is CCN(Cc1ccc(Cl)s1)C(=O)c1cc(Cl)cc(Br)c1. The number of thiophene rings is 1. The fourth-order valence-corrected chi connectivity index (χ4v) is 3.78. The van der Waals surface area contributed by atoms with E-state index in [1.807, 2.05) is 19.1 Å². The van der Waals surface area contributed by atoms with E-state index in [1.165, 1.54) is 11.3 Å². The summed E-state index contributed by atoms with van der Waals surface area (Å²) >= 11 is 16.7. The molecule has 2 aromatic rings. The van der Waals surface area contributed by atoms with Crippen LogP contribution in [0.4, 0.5) is 0 Å². The van der Waals surface area contributed by atoms with Gasteiger partial charge in [0.05, 0.1) is 10.9 Å². The number of carbonyl (C=O) groups excluding carboxylic acids is 1. The summed E-state index contributed by atoms with van der Waals surface area (Å²) < 4.78 is 1.53. The van der Waals surface area contributed by atoms with Crippen LogP contribution in [-0.2, 0) is 6.54 Å². The molecule has 0 aliphatic carbocycles. The van der Waals surface area contributed by atoms with Gasteiger partial charge in [0.2, 0.25) is 0 Å². The smallest absolute Gasteiger partial charge is 0.254 e. The second-order valence-electron chi connectivity index (χ2n) is 4.18. The maximum atomic E-state index is 12.5. The van der Waals surface area contributed by atoms with Crippen LogP contribution in [0.5, 0.6) is 0 Å². The molecule has 2 nitrogen and oxygen atoms in total. The summed E-state index contributed by atoms with van der Waals surface area (Å²) in [5.41, 5.74) is 0.578. The van der Waals surface area contributed by atoms with Crippen molar-refractivity contribution in [3.05, 3.63) is 54.6 Å². The standard InChI is InChI=1S/C14H12BrCl2NOS/c1-2-18(8-12-3-4-13(17)20-12)14(19)9-5-10(15)7-11(16)6-9/h3-7H,2,8H2,1H3. The zero-order valence-electron chi connectivity index (χ0n) is 10.7. The number of rotatable bonds is 4. The molecular formula is C14H12BrCl2NOS. The molecule has 0 aliphatic rings. The Bertz CT molecular complexity index is 609. The van der Waals surface area contributed by atoms with Crippen LogP contribution in [0.15, 0.2) is 34.8 Å². The van der Waals surface area contributed by atoms with E-state index < -0.39 is 0 Å². The lowest BCUT2D eigenvalue weighted by atomic mass is 10.2. The van der Waals surface area contributed by atoms with Crippen molar-refractivity contribution in [2.75, 3.05) is 6.54 Å². The Balaban J connectivity index is 2.20. The third-order valence-corrected chi connectivity index (χ3v) is 4.65. The molecule has 0 atom stereocenters. The minimum absolute atomic E-state index is 0.0415. The zero-order chi connectivity index (χ0) is 14.7. The largest absolute Gasteiger partial charge is 0.334 e. The normalized spacial score (nSPS) is 10.6.